The van der Waals surface area contributed by atoms with Crippen LogP contribution in [-0.4, -0.2) is 26.2 Å². The number of esters is 2. The molecule has 0 bridgehead atoms. The van der Waals surface area contributed by atoms with Crippen LogP contribution >= 0.6 is 0 Å². The molecule has 0 N–H and O–H groups in total. The van der Waals surface area contributed by atoms with E-state index in [0.717, 1.165) is 0 Å². The van der Waals surface area contributed by atoms with Crippen LogP contribution in [0.4, 0.5) is 0 Å². The van der Waals surface area contributed by atoms with Crippen LogP contribution in [0, 0.1) is 11.3 Å². The Morgan fingerprint density at radius 2 is 1.43 bits per heavy atom. The molecule has 0 aliphatic rings. The third-order valence-electron chi connectivity index (χ3n) is 1.22. The molecule has 0 atom stereocenters. The SMILES string of the molecule is CC#N.COC(=O)CCCC(=O)OC. The fourth-order valence-electron chi connectivity index (χ4n) is 0.581. The molecule has 5 nitrogen and oxygen atoms in total. The maximum atomic E-state index is 10.5. The predicted molar refractivity (Wildman–Crippen MR) is 49.2 cm³/mol. The number of hydrogen-bond acceptors (Lipinski definition) is 5. The lowest BCUT2D eigenvalue weighted by atomic mass is 10.2. The Balaban J connectivity index is 0. The summed E-state index contributed by atoms with van der Waals surface area (Å²) < 4.78 is 8.75. The molecule has 0 aromatic heterocycles. The van der Waals surface area contributed by atoms with Gasteiger partial charge in [-0.3, -0.25) is 9.59 Å². The number of ether oxygens (including phenoxy) is 2. The van der Waals surface area contributed by atoms with Crippen LogP contribution in [0.2, 0.25) is 0 Å². The number of carbonyl (C=O) groups excluding carboxylic acids is 2. The van der Waals surface area contributed by atoms with E-state index in [-0.39, 0.29) is 24.8 Å². The first kappa shape index (κ1) is 14.9. The summed E-state index contributed by atoms with van der Waals surface area (Å²) in [7, 11) is 2.64. The topological polar surface area (TPSA) is 76.4 Å². The summed E-state index contributed by atoms with van der Waals surface area (Å²) in [5, 5.41) is 7.32. The van der Waals surface area contributed by atoms with E-state index >= 15 is 0 Å². The fraction of sp³-hybridized carbons (Fsp3) is 0.667. The van der Waals surface area contributed by atoms with Gasteiger partial charge in [-0.05, 0) is 6.42 Å². The third kappa shape index (κ3) is 13.1. The van der Waals surface area contributed by atoms with Gasteiger partial charge in [0.2, 0.25) is 0 Å². The average molecular weight is 201 g/mol. The summed E-state index contributed by atoms with van der Waals surface area (Å²) in [6.45, 7) is 1.43. The maximum absolute atomic E-state index is 10.5. The van der Waals surface area contributed by atoms with Crippen molar-refractivity contribution in [1.29, 1.82) is 5.26 Å². The van der Waals surface area contributed by atoms with Crippen molar-refractivity contribution in [3.05, 3.63) is 0 Å². The number of nitriles is 1. The van der Waals surface area contributed by atoms with Crippen LogP contribution in [0.3, 0.4) is 0 Å². The van der Waals surface area contributed by atoms with Crippen LogP contribution in [0.1, 0.15) is 26.2 Å². The lowest BCUT2D eigenvalue weighted by Gasteiger charge is -1.97. The van der Waals surface area contributed by atoms with Gasteiger partial charge in [-0.15, -0.1) is 0 Å². The summed E-state index contributed by atoms with van der Waals surface area (Å²) in [6.07, 6.45) is 1.02. The van der Waals surface area contributed by atoms with Crippen LogP contribution in [-0.2, 0) is 19.1 Å². The standard InChI is InChI=1S/C7H12O4.C2H3N/c1-10-6(8)4-3-5-7(9)11-2;1-2-3/h3-5H2,1-2H3;1H3. The van der Waals surface area contributed by atoms with Crippen molar-refractivity contribution in [1.82, 2.24) is 0 Å². The maximum Gasteiger partial charge on any atom is 0.305 e. The average Bonchev–Trinajstić information content (AvgIpc) is 2.18. The summed E-state index contributed by atoms with van der Waals surface area (Å²) in [4.78, 5) is 21.0. The van der Waals surface area contributed by atoms with E-state index in [0.29, 0.717) is 6.42 Å². The molecule has 0 unspecified atom stereocenters. The third-order valence-corrected chi connectivity index (χ3v) is 1.22. The van der Waals surface area contributed by atoms with Crippen molar-refractivity contribution in [3.8, 4) is 6.07 Å². The van der Waals surface area contributed by atoms with Crippen molar-refractivity contribution in [3.63, 3.8) is 0 Å². The Kier molecular flexibility index (Phi) is 12.2. The molecule has 0 saturated carbocycles. The van der Waals surface area contributed by atoms with Gasteiger partial charge in [-0.2, -0.15) is 5.26 Å². The number of rotatable bonds is 4. The molecule has 0 aliphatic heterocycles. The van der Waals surface area contributed by atoms with Crippen LogP contribution in [0.25, 0.3) is 0 Å². The highest BCUT2D eigenvalue weighted by Crippen LogP contribution is 1.97. The van der Waals surface area contributed by atoms with Gasteiger partial charge in [0.25, 0.3) is 0 Å². The summed E-state index contributed by atoms with van der Waals surface area (Å²) >= 11 is 0. The van der Waals surface area contributed by atoms with Crippen LogP contribution in [0.15, 0.2) is 0 Å². The molecule has 0 spiro atoms. The van der Waals surface area contributed by atoms with E-state index in [1.165, 1.54) is 21.1 Å². The Morgan fingerprint density at radius 3 is 1.64 bits per heavy atom. The van der Waals surface area contributed by atoms with E-state index in [1.54, 1.807) is 6.07 Å². The summed E-state index contributed by atoms with van der Waals surface area (Å²) in [5.74, 6) is -0.595. The van der Waals surface area contributed by atoms with Gasteiger partial charge in [0.1, 0.15) is 0 Å². The molecule has 0 heterocycles. The second-order valence-corrected chi connectivity index (χ2v) is 2.23. The minimum Gasteiger partial charge on any atom is -0.469 e. The number of carbonyl (C=O) groups is 2. The Bertz CT molecular complexity index is 191. The Labute approximate surface area is 83.6 Å². The van der Waals surface area contributed by atoms with Gasteiger partial charge in [-0.25, -0.2) is 0 Å². The highest BCUT2D eigenvalue weighted by Gasteiger charge is 2.03. The van der Waals surface area contributed by atoms with Crippen molar-refractivity contribution >= 4 is 11.9 Å². The Morgan fingerprint density at radius 1 is 1.14 bits per heavy atom. The lowest BCUT2D eigenvalue weighted by Crippen LogP contribution is -2.04. The van der Waals surface area contributed by atoms with Crippen molar-refractivity contribution in [2.75, 3.05) is 14.2 Å². The predicted octanol–water partition coefficient (Wildman–Crippen LogP) is 1.03. The molecule has 0 aromatic rings. The monoisotopic (exact) mass is 201 g/mol. The molecule has 0 fully saturated rings. The number of methoxy groups -OCH3 is 2. The van der Waals surface area contributed by atoms with Gasteiger partial charge in [-0.1, -0.05) is 0 Å². The molecule has 5 heteroatoms. The van der Waals surface area contributed by atoms with Crippen molar-refractivity contribution in [2.45, 2.75) is 26.2 Å². The van der Waals surface area contributed by atoms with E-state index < -0.39 is 0 Å². The summed E-state index contributed by atoms with van der Waals surface area (Å²) in [6, 6.07) is 1.75. The zero-order valence-electron chi connectivity index (χ0n) is 8.70. The second kappa shape index (κ2) is 11.4. The molecule has 0 amide bonds. The molecule has 0 saturated heterocycles. The van der Waals surface area contributed by atoms with Gasteiger partial charge < -0.3 is 9.47 Å². The molecule has 80 valence electrons. The minimum absolute atomic E-state index is 0.269. The highest BCUT2D eigenvalue weighted by atomic mass is 16.5. The van der Waals surface area contributed by atoms with Crippen molar-refractivity contribution < 1.29 is 19.1 Å². The fourth-order valence-corrected chi connectivity index (χ4v) is 0.581. The number of nitrogens with zero attached hydrogens (tertiary/aromatic N) is 1. The van der Waals surface area contributed by atoms with E-state index in [1.807, 2.05) is 0 Å². The number of hydrogen-bond donors (Lipinski definition) is 0. The van der Waals surface area contributed by atoms with Gasteiger partial charge in [0, 0.05) is 19.8 Å². The van der Waals surface area contributed by atoms with Gasteiger partial charge in [0.05, 0.1) is 20.3 Å². The first-order valence-corrected chi connectivity index (χ1v) is 4.06. The normalized spacial score (nSPS) is 7.57. The molecular weight excluding hydrogens is 186 g/mol. The quantitative estimate of drug-likeness (QED) is 0.635. The lowest BCUT2D eigenvalue weighted by molar-refractivity contribution is -0.142. The largest absolute Gasteiger partial charge is 0.469 e. The molecule has 14 heavy (non-hydrogen) atoms. The molecule has 0 aromatic carbocycles. The summed E-state index contributed by atoms with van der Waals surface area (Å²) in [5.41, 5.74) is 0. The van der Waals surface area contributed by atoms with E-state index in [2.05, 4.69) is 9.47 Å². The van der Waals surface area contributed by atoms with Gasteiger partial charge in [0.15, 0.2) is 0 Å². The zero-order valence-corrected chi connectivity index (χ0v) is 8.70. The molecular formula is C9H15NO4. The molecule has 0 radical (unpaired) electrons. The van der Waals surface area contributed by atoms with Crippen LogP contribution < -0.4 is 0 Å². The highest BCUT2D eigenvalue weighted by molar-refractivity contribution is 5.72. The minimum atomic E-state index is -0.297. The Hall–Kier alpha value is -1.57. The van der Waals surface area contributed by atoms with E-state index in [9.17, 15) is 9.59 Å². The smallest absolute Gasteiger partial charge is 0.305 e. The zero-order chi connectivity index (χ0) is 11.4. The van der Waals surface area contributed by atoms with Crippen molar-refractivity contribution in [2.24, 2.45) is 0 Å². The first-order chi connectivity index (χ1) is 6.62. The first-order valence-electron chi connectivity index (χ1n) is 4.06. The van der Waals surface area contributed by atoms with E-state index in [4.69, 9.17) is 5.26 Å². The molecule has 0 rings (SSSR count). The van der Waals surface area contributed by atoms with Crippen LogP contribution in [0.5, 0.6) is 0 Å². The van der Waals surface area contributed by atoms with Gasteiger partial charge >= 0.3 is 11.9 Å². The molecule has 0 aliphatic carbocycles. The second-order valence-electron chi connectivity index (χ2n) is 2.23.